The minimum atomic E-state index is 0.472. The van der Waals surface area contributed by atoms with Gasteiger partial charge in [0.15, 0.2) is 0 Å². The number of ether oxygens (including phenoxy) is 2. The Bertz CT molecular complexity index is 378. The first-order valence-electron chi connectivity index (χ1n) is 4.98. The van der Waals surface area contributed by atoms with Crippen molar-refractivity contribution in [2.75, 3.05) is 20.8 Å². The molecule has 0 aromatic heterocycles. The van der Waals surface area contributed by atoms with Gasteiger partial charge >= 0.3 is 0 Å². The van der Waals surface area contributed by atoms with Crippen molar-refractivity contribution in [1.82, 2.24) is 0 Å². The van der Waals surface area contributed by atoms with Crippen LogP contribution in [-0.4, -0.2) is 20.8 Å². The standard InChI is InChI=1S/C12H16FNO2/c1-15-11-8-10(4-6-14)12(16-2)7-9(11)3-5-13/h3,5,7-8H,4,6,14H2,1-2H3/b5-3-. The normalized spacial score (nSPS) is 10.8. The van der Waals surface area contributed by atoms with Gasteiger partial charge in [0.1, 0.15) is 11.5 Å². The molecular weight excluding hydrogens is 209 g/mol. The molecule has 0 fully saturated rings. The molecule has 0 amide bonds. The van der Waals surface area contributed by atoms with E-state index in [0.29, 0.717) is 36.4 Å². The van der Waals surface area contributed by atoms with Gasteiger partial charge in [-0.2, -0.15) is 0 Å². The summed E-state index contributed by atoms with van der Waals surface area (Å²) in [5.74, 6) is 1.30. The summed E-state index contributed by atoms with van der Waals surface area (Å²) in [5, 5.41) is 0. The zero-order valence-electron chi connectivity index (χ0n) is 9.50. The number of benzene rings is 1. The lowest BCUT2D eigenvalue weighted by molar-refractivity contribution is 0.398. The monoisotopic (exact) mass is 225 g/mol. The molecule has 4 heteroatoms. The Balaban J connectivity index is 3.22. The lowest BCUT2D eigenvalue weighted by atomic mass is 10.1. The van der Waals surface area contributed by atoms with Gasteiger partial charge in [0.25, 0.3) is 0 Å². The lowest BCUT2D eigenvalue weighted by Crippen LogP contribution is -2.05. The molecule has 3 nitrogen and oxygen atoms in total. The number of rotatable bonds is 5. The Morgan fingerprint density at radius 3 is 2.44 bits per heavy atom. The molecule has 1 aromatic rings. The van der Waals surface area contributed by atoms with Gasteiger partial charge in [-0.05, 0) is 36.7 Å². The fourth-order valence-electron chi connectivity index (χ4n) is 1.53. The lowest BCUT2D eigenvalue weighted by Gasteiger charge is -2.12. The minimum absolute atomic E-state index is 0.472. The molecule has 0 aliphatic heterocycles. The van der Waals surface area contributed by atoms with Crippen LogP contribution in [0.5, 0.6) is 11.5 Å². The van der Waals surface area contributed by atoms with Crippen LogP contribution in [0.25, 0.3) is 6.08 Å². The van der Waals surface area contributed by atoms with Crippen LogP contribution in [0.1, 0.15) is 11.1 Å². The second kappa shape index (κ2) is 6.12. The van der Waals surface area contributed by atoms with Gasteiger partial charge in [-0.25, -0.2) is 4.39 Å². The molecule has 1 aromatic carbocycles. The molecule has 0 aliphatic rings. The van der Waals surface area contributed by atoms with Crippen molar-refractivity contribution in [2.45, 2.75) is 6.42 Å². The highest BCUT2D eigenvalue weighted by molar-refractivity contribution is 5.61. The smallest absolute Gasteiger partial charge is 0.126 e. The van der Waals surface area contributed by atoms with Gasteiger partial charge in [0.2, 0.25) is 0 Å². The molecular formula is C12H16FNO2. The van der Waals surface area contributed by atoms with Gasteiger partial charge in [-0.15, -0.1) is 0 Å². The van der Waals surface area contributed by atoms with Gasteiger partial charge in [0, 0.05) is 5.56 Å². The zero-order valence-corrected chi connectivity index (χ0v) is 9.50. The van der Waals surface area contributed by atoms with Crippen LogP contribution in [-0.2, 0) is 6.42 Å². The summed E-state index contributed by atoms with van der Waals surface area (Å²) in [7, 11) is 3.12. The van der Waals surface area contributed by atoms with E-state index in [1.54, 1.807) is 20.3 Å². The minimum Gasteiger partial charge on any atom is -0.496 e. The maximum Gasteiger partial charge on any atom is 0.126 e. The highest BCUT2D eigenvalue weighted by atomic mass is 19.1. The van der Waals surface area contributed by atoms with Crippen molar-refractivity contribution in [1.29, 1.82) is 0 Å². The van der Waals surface area contributed by atoms with E-state index in [4.69, 9.17) is 15.2 Å². The summed E-state index contributed by atoms with van der Waals surface area (Å²) in [6, 6.07) is 3.56. The second-order valence-corrected chi connectivity index (χ2v) is 3.24. The third-order valence-electron chi connectivity index (χ3n) is 2.29. The van der Waals surface area contributed by atoms with Crippen LogP contribution >= 0.6 is 0 Å². The van der Waals surface area contributed by atoms with Crippen molar-refractivity contribution in [3.63, 3.8) is 0 Å². The Labute approximate surface area is 94.7 Å². The molecule has 0 heterocycles. The zero-order chi connectivity index (χ0) is 12.0. The fourth-order valence-corrected chi connectivity index (χ4v) is 1.53. The summed E-state index contributed by atoms with van der Waals surface area (Å²) < 4.78 is 22.6. The average Bonchev–Trinajstić information content (AvgIpc) is 2.31. The number of hydrogen-bond acceptors (Lipinski definition) is 3. The number of halogens is 1. The highest BCUT2D eigenvalue weighted by Crippen LogP contribution is 2.30. The number of methoxy groups -OCH3 is 2. The maximum atomic E-state index is 12.2. The summed E-state index contributed by atoms with van der Waals surface area (Å²) in [6.07, 6.45) is 2.49. The summed E-state index contributed by atoms with van der Waals surface area (Å²) in [4.78, 5) is 0. The van der Waals surface area contributed by atoms with E-state index in [1.807, 2.05) is 6.07 Å². The molecule has 16 heavy (non-hydrogen) atoms. The second-order valence-electron chi connectivity index (χ2n) is 3.24. The van der Waals surface area contributed by atoms with E-state index >= 15 is 0 Å². The van der Waals surface area contributed by atoms with Crippen molar-refractivity contribution in [3.8, 4) is 11.5 Å². The summed E-state index contributed by atoms with van der Waals surface area (Å²) in [6.45, 7) is 0.526. The van der Waals surface area contributed by atoms with Crippen LogP contribution in [0.4, 0.5) is 4.39 Å². The van der Waals surface area contributed by atoms with Crippen LogP contribution in [0.3, 0.4) is 0 Å². The Morgan fingerprint density at radius 2 is 1.94 bits per heavy atom. The van der Waals surface area contributed by atoms with Gasteiger partial charge in [0.05, 0.1) is 20.5 Å². The van der Waals surface area contributed by atoms with Crippen LogP contribution in [0.2, 0.25) is 0 Å². The maximum absolute atomic E-state index is 12.2. The summed E-state index contributed by atoms with van der Waals surface area (Å²) in [5.41, 5.74) is 7.10. The largest absolute Gasteiger partial charge is 0.496 e. The van der Waals surface area contributed by atoms with E-state index in [9.17, 15) is 4.39 Å². The topological polar surface area (TPSA) is 44.5 Å². The Kier molecular flexibility index (Phi) is 4.79. The molecule has 2 N–H and O–H groups in total. The molecule has 0 unspecified atom stereocenters. The SMILES string of the molecule is COc1cc(CCN)c(OC)cc1/C=C\F. The van der Waals surface area contributed by atoms with Crippen LogP contribution in [0, 0.1) is 0 Å². The molecule has 0 aliphatic carbocycles. The number of nitrogens with two attached hydrogens (primary N) is 1. The number of hydrogen-bond donors (Lipinski definition) is 1. The average molecular weight is 225 g/mol. The molecule has 1 rings (SSSR count). The molecule has 0 bridgehead atoms. The van der Waals surface area contributed by atoms with E-state index in [2.05, 4.69) is 0 Å². The first-order valence-corrected chi connectivity index (χ1v) is 4.98. The summed E-state index contributed by atoms with van der Waals surface area (Å²) >= 11 is 0. The predicted octanol–water partition coefficient (Wildman–Crippen LogP) is 2.15. The molecule has 0 atom stereocenters. The quantitative estimate of drug-likeness (QED) is 0.835. The molecule has 0 spiro atoms. The first-order chi connectivity index (χ1) is 7.76. The van der Waals surface area contributed by atoms with Gasteiger partial charge < -0.3 is 15.2 Å². The van der Waals surface area contributed by atoms with Crippen molar-refractivity contribution < 1.29 is 13.9 Å². The molecule has 0 radical (unpaired) electrons. The van der Waals surface area contributed by atoms with Crippen molar-refractivity contribution in [3.05, 3.63) is 29.6 Å². The third kappa shape index (κ3) is 2.73. The molecule has 0 saturated heterocycles. The van der Waals surface area contributed by atoms with Crippen LogP contribution < -0.4 is 15.2 Å². The van der Waals surface area contributed by atoms with E-state index < -0.39 is 0 Å². The van der Waals surface area contributed by atoms with Crippen molar-refractivity contribution >= 4 is 6.08 Å². The first kappa shape index (κ1) is 12.5. The van der Waals surface area contributed by atoms with Gasteiger partial charge in [-0.1, -0.05) is 0 Å². The predicted molar refractivity (Wildman–Crippen MR) is 62.4 cm³/mol. The fraction of sp³-hybridized carbons (Fsp3) is 0.333. The molecule has 0 saturated carbocycles. The van der Waals surface area contributed by atoms with Crippen LogP contribution in [0.15, 0.2) is 18.5 Å². The Hall–Kier alpha value is -1.55. The van der Waals surface area contributed by atoms with E-state index in [1.165, 1.54) is 6.08 Å². The van der Waals surface area contributed by atoms with Gasteiger partial charge in [-0.3, -0.25) is 0 Å². The Morgan fingerprint density at radius 1 is 1.25 bits per heavy atom. The van der Waals surface area contributed by atoms with Crippen molar-refractivity contribution in [2.24, 2.45) is 5.73 Å². The van der Waals surface area contributed by atoms with E-state index in [-0.39, 0.29) is 0 Å². The third-order valence-corrected chi connectivity index (χ3v) is 2.29. The van der Waals surface area contributed by atoms with E-state index in [0.717, 1.165) is 5.56 Å². The highest BCUT2D eigenvalue weighted by Gasteiger charge is 2.08. The molecule has 88 valence electrons.